The molecule has 0 aliphatic carbocycles. The topological polar surface area (TPSA) is 42.0 Å². The Balaban J connectivity index is 1.60. The molecule has 1 fully saturated rings. The van der Waals surface area contributed by atoms with Gasteiger partial charge in [-0.15, -0.1) is 0 Å². The summed E-state index contributed by atoms with van der Waals surface area (Å²) in [5.41, 5.74) is 1.87. The molecule has 7 heteroatoms. The fourth-order valence-corrected chi connectivity index (χ4v) is 5.09. The van der Waals surface area contributed by atoms with E-state index in [0.717, 1.165) is 17.7 Å². The number of rotatable bonds is 9. The molecule has 35 heavy (non-hydrogen) atoms. The van der Waals surface area contributed by atoms with Gasteiger partial charge in [-0.3, -0.25) is 9.80 Å². The SMILES string of the molecule is CC(C)(C)[Si](C)(C)OCCN1CC[C@@H](N(Cc2ccccc2)C(=O)OCc2ccccc2)[C@H](F)C1. The highest BCUT2D eigenvalue weighted by Crippen LogP contribution is 2.36. The number of likely N-dealkylation sites (tertiary alicyclic amines) is 1. The van der Waals surface area contributed by atoms with Gasteiger partial charge in [0, 0.05) is 32.8 Å². The molecule has 1 amide bonds. The van der Waals surface area contributed by atoms with Crippen molar-refractivity contribution in [3.8, 4) is 0 Å². The maximum Gasteiger partial charge on any atom is 0.410 e. The highest BCUT2D eigenvalue weighted by Gasteiger charge is 2.39. The van der Waals surface area contributed by atoms with Crippen molar-refractivity contribution in [2.75, 3.05) is 26.2 Å². The average molecular weight is 501 g/mol. The Morgan fingerprint density at radius 3 is 2.23 bits per heavy atom. The molecule has 0 spiro atoms. The number of carbonyl (C=O) groups excluding carboxylic acids is 1. The molecule has 0 radical (unpaired) electrons. The number of alkyl halides is 1. The van der Waals surface area contributed by atoms with Gasteiger partial charge in [0.25, 0.3) is 0 Å². The Kier molecular flexibility index (Phi) is 9.50. The third-order valence-electron chi connectivity index (χ3n) is 7.30. The number of hydrogen-bond acceptors (Lipinski definition) is 4. The zero-order valence-electron chi connectivity index (χ0n) is 21.9. The third kappa shape index (κ3) is 7.89. The summed E-state index contributed by atoms with van der Waals surface area (Å²) in [6, 6.07) is 18.8. The van der Waals surface area contributed by atoms with Crippen LogP contribution in [-0.4, -0.2) is 62.7 Å². The van der Waals surface area contributed by atoms with Crippen molar-refractivity contribution in [1.29, 1.82) is 0 Å². The minimum Gasteiger partial charge on any atom is -0.445 e. The van der Waals surface area contributed by atoms with Crippen LogP contribution >= 0.6 is 0 Å². The van der Waals surface area contributed by atoms with Crippen molar-refractivity contribution in [3.05, 3.63) is 71.8 Å². The van der Waals surface area contributed by atoms with E-state index in [-0.39, 0.29) is 11.6 Å². The molecule has 0 saturated carbocycles. The molecular weight excluding hydrogens is 459 g/mol. The molecule has 192 valence electrons. The summed E-state index contributed by atoms with van der Waals surface area (Å²) >= 11 is 0. The lowest BCUT2D eigenvalue weighted by Crippen LogP contribution is -2.54. The van der Waals surface area contributed by atoms with Crippen LogP contribution in [0.15, 0.2) is 60.7 Å². The molecule has 0 unspecified atom stereocenters. The van der Waals surface area contributed by atoms with Crippen molar-refractivity contribution in [2.24, 2.45) is 0 Å². The first-order valence-electron chi connectivity index (χ1n) is 12.6. The predicted molar refractivity (Wildman–Crippen MR) is 142 cm³/mol. The summed E-state index contributed by atoms with van der Waals surface area (Å²) in [6.45, 7) is 14.0. The van der Waals surface area contributed by atoms with E-state index in [2.05, 4.69) is 38.8 Å². The molecule has 3 rings (SSSR count). The average Bonchev–Trinajstić information content (AvgIpc) is 2.82. The molecule has 1 heterocycles. The highest BCUT2D eigenvalue weighted by molar-refractivity contribution is 6.74. The molecule has 2 aromatic rings. The number of nitrogens with zero attached hydrogens (tertiary/aromatic N) is 2. The molecule has 1 saturated heterocycles. The lowest BCUT2D eigenvalue weighted by Gasteiger charge is -2.41. The maximum atomic E-state index is 15.5. The van der Waals surface area contributed by atoms with Gasteiger partial charge < -0.3 is 9.16 Å². The van der Waals surface area contributed by atoms with Crippen LogP contribution in [0, 0.1) is 0 Å². The number of amides is 1. The maximum absolute atomic E-state index is 15.5. The summed E-state index contributed by atoms with van der Waals surface area (Å²) < 4.78 is 27.4. The van der Waals surface area contributed by atoms with Gasteiger partial charge in [-0.05, 0) is 35.7 Å². The summed E-state index contributed by atoms with van der Waals surface area (Å²) in [5, 5.41) is 0.153. The van der Waals surface area contributed by atoms with E-state index >= 15 is 4.39 Å². The molecule has 5 nitrogen and oxygen atoms in total. The minimum absolute atomic E-state index is 0.153. The summed E-state index contributed by atoms with van der Waals surface area (Å²) in [6.07, 6.45) is -1.06. The molecule has 0 aromatic heterocycles. The second kappa shape index (κ2) is 12.1. The number of hydrogen-bond donors (Lipinski definition) is 0. The molecule has 1 aliphatic heterocycles. The van der Waals surface area contributed by atoms with E-state index < -0.39 is 26.6 Å². The molecule has 2 aromatic carbocycles. The van der Waals surface area contributed by atoms with Crippen LogP contribution in [0.2, 0.25) is 18.1 Å². The molecule has 1 aliphatic rings. The quantitative estimate of drug-likeness (QED) is 0.381. The largest absolute Gasteiger partial charge is 0.445 e. The summed E-state index contributed by atoms with van der Waals surface area (Å²) in [5.74, 6) is 0. The van der Waals surface area contributed by atoms with Crippen LogP contribution in [0.5, 0.6) is 0 Å². The zero-order valence-corrected chi connectivity index (χ0v) is 22.9. The van der Waals surface area contributed by atoms with E-state index in [0.29, 0.717) is 32.7 Å². The van der Waals surface area contributed by atoms with Crippen molar-refractivity contribution in [3.63, 3.8) is 0 Å². The van der Waals surface area contributed by atoms with E-state index in [9.17, 15) is 4.79 Å². The van der Waals surface area contributed by atoms with Crippen molar-refractivity contribution in [1.82, 2.24) is 9.80 Å². The smallest absolute Gasteiger partial charge is 0.410 e. The lowest BCUT2D eigenvalue weighted by molar-refractivity contribution is 0.0147. The fourth-order valence-electron chi connectivity index (χ4n) is 4.06. The highest BCUT2D eigenvalue weighted by atomic mass is 28.4. The van der Waals surface area contributed by atoms with Crippen molar-refractivity contribution in [2.45, 2.75) is 70.7 Å². The van der Waals surface area contributed by atoms with Crippen LogP contribution in [0.3, 0.4) is 0 Å². The summed E-state index contributed by atoms with van der Waals surface area (Å²) in [4.78, 5) is 16.8. The predicted octanol–water partition coefficient (Wildman–Crippen LogP) is 6.26. The lowest BCUT2D eigenvalue weighted by atomic mass is 10.0. The van der Waals surface area contributed by atoms with E-state index in [4.69, 9.17) is 9.16 Å². The van der Waals surface area contributed by atoms with E-state index in [1.807, 2.05) is 60.7 Å². The second-order valence-electron chi connectivity index (χ2n) is 10.9. The second-order valence-corrected chi connectivity index (χ2v) is 15.7. The van der Waals surface area contributed by atoms with Gasteiger partial charge >= 0.3 is 6.09 Å². The van der Waals surface area contributed by atoms with Crippen LogP contribution in [0.25, 0.3) is 0 Å². The molecule has 0 N–H and O–H groups in total. The first kappa shape index (κ1) is 27.4. The normalized spacial score (nSPS) is 19.4. The number of benzene rings is 2. The first-order valence-corrected chi connectivity index (χ1v) is 15.5. The van der Waals surface area contributed by atoms with Gasteiger partial charge in [0.2, 0.25) is 0 Å². The number of piperidine rings is 1. The third-order valence-corrected chi connectivity index (χ3v) is 11.8. The Morgan fingerprint density at radius 2 is 1.66 bits per heavy atom. The molecular formula is C28H41FN2O3Si. The Morgan fingerprint density at radius 1 is 1.06 bits per heavy atom. The monoisotopic (exact) mass is 500 g/mol. The van der Waals surface area contributed by atoms with Gasteiger partial charge in [-0.2, -0.15) is 0 Å². The standard InChI is InChI=1S/C28H41FN2O3Si/c1-28(2,3)35(4,5)34-19-18-30-17-16-26(25(29)21-30)31(20-23-12-8-6-9-13-23)27(32)33-22-24-14-10-7-11-15-24/h6-15,25-26H,16-22H2,1-5H3/t25-,26-/m1/s1. The first-order chi connectivity index (χ1) is 16.6. The van der Waals surface area contributed by atoms with Crippen LogP contribution in [0.1, 0.15) is 38.3 Å². The molecule has 0 bridgehead atoms. The molecule has 2 atom stereocenters. The number of carbonyl (C=O) groups is 1. The van der Waals surface area contributed by atoms with Crippen molar-refractivity contribution < 1.29 is 18.3 Å². The van der Waals surface area contributed by atoms with Gasteiger partial charge in [0.1, 0.15) is 12.8 Å². The van der Waals surface area contributed by atoms with Crippen LogP contribution in [0.4, 0.5) is 9.18 Å². The van der Waals surface area contributed by atoms with Crippen LogP contribution in [-0.2, 0) is 22.3 Å². The van der Waals surface area contributed by atoms with Crippen LogP contribution < -0.4 is 0 Å². The van der Waals surface area contributed by atoms with E-state index in [1.54, 1.807) is 4.90 Å². The number of ether oxygens (including phenoxy) is 1. The van der Waals surface area contributed by atoms with Gasteiger partial charge in [0.05, 0.1) is 6.04 Å². The fraction of sp³-hybridized carbons (Fsp3) is 0.536. The zero-order chi connectivity index (χ0) is 25.5. The Hall–Kier alpha value is -2.22. The van der Waals surface area contributed by atoms with Gasteiger partial charge in [-0.25, -0.2) is 9.18 Å². The number of halogens is 1. The van der Waals surface area contributed by atoms with Gasteiger partial charge in [-0.1, -0.05) is 81.4 Å². The Labute approximate surface area is 211 Å². The Bertz CT molecular complexity index is 921. The van der Waals surface area contributed by atoms with Gasteiger partial charge in [0.15, 0.2) is 8.32 Å². The summed E-state index contributed by atoms with van der Waals surface area (Å²) in [7, 11) is -1.82. The van der Waals surface area contributed by atoms with Crippen molar-refractivity contribution >= 4 is 14.4 Å². The van der Waals surface area contributed by atoms with E-state index in [1.165, 1.54) is 0 Å². The minimum atomic E-state index is -1.82.